The van der Waals surface area contributed by atoms with Crippen LogP contribution in [0.3, 0.4) is 0 Å². The maximum Gasteiger partial charge on any atom is 0.315 e. The van der Waals surface area contributed by atoms with Gasteiger partial charge in [-0.1, -0.05) is 35.6 Å². The molecule has 174 valence electrons. The van der Waals surface area contributed by atoms with Crippen LogP contribution >= 0.6 is 11.3 Å². The van der Waals surface area contributed by atoms with Crippen molar-refractivity contribution in [2.24, 2.45) is 5.92 Å². The van der Waals surface area contributed by atoms with Crippen LogP contribution in [0.5, 0.6) is 10.9 Å². The van der Waals surface area contributed by atoms with Crippen molar-refractivity contribution < 1.29 is 19.1 Å². The van der Waals surface area contributed by atoms with Crippen LogP contribution in [0, 0.1) is 5.92 Å². The lowest BCUT2D eigenvalue weighted by Gasteiger charge is -2.32. The van der Waals surface area contributed by atoms with Gasteiger partial charge in [-0.15, -0.1) is 0 Å². The van der Waals surface area contributed by atoms with Gasteiger partial charge in [0.1, 0.15) is 12.2 Å². The molecule has 0 atom stereocenters. The number of fused-ring (bicyclic) bond motifs is 1. The van der Waals surface area contributed by atoms with Gasteiger partial charge in [-0.2, -0.15) is 0 Å². The smallest absolute Gasteiger partial charge is 0.315 e. The number of hydrogen-bond acceptors (Lipinski definition) is 7. The van der Waals surface area contributed by atoms with Gasteiger partial charge in [-0.05, 0) is 68.1 Å². The van der Waals surface area contributed by atoms with Crippen LogP contribution in [0.15, 0.2) is 48.5 Å². The number of nitrogens with zero attached hydrogens (tertiary/aromatic N) is 2. The summed E-state index contributed by atoms with van der Waals surface area (Å²) in [6.45, 7) is 3.69. The minimum absolute atomic E-state index is 0.209. The van der Waals surface area contributed by atoms with Crippen LogP contribution in [0.1, 0.15) is 24.8 Å². The number of hydrogen-bond donors (Lipinski definition) is 1. The standard InChI is InChI=1S/C25H29N3O4S/c1-31-24(30)16-23(29)26-17-19-11-14-28(15-12-19)13-10-18-6-8-20(9-7-18)32-25-27-21-4-2-3-5-22(21)33-25/h2-9,19H,10-17H2,1H3,(H,26,29). The molecule has 1 fully saturated rings. The number of thiazole rings is 1. The van der Waals surface area contributed by atoms with Crippen molar-refractivity contribution in [3.63, 3.8) is 0 Å². The summed E-state index contributed by atoms with van der Waals surface area (Å²) in [7, 11) is 1.29. The first-order chi connectivity index (χ1) is 16.1. The Bertz CT molecular complexity index is 1040. The maximum absolute atomic E-state index is 11.7. The van der Waals surface area contributed by atoms with E-state index in [2.05, 4.69) is 32.1 Å². The van der Waals surface area contributed by atoms with Crippen molar-refractivity contribution in [3.8, 4) is 10.9 Å². The molecule has 0 bridgehead atoms. The summed E-state index contributed by atoms with van der Waals surface area (Å²) in [5, 5.41) is 3.51. The predicted molar refractivity (Wildman–Crippen MR) is 129 cm³/mol. The molecular weight excluding hydrogens is 438 g/mol. The van der Waals surface area contributed by atoms with Crippen LogP contribution in [0.25, 0.3) is 10.2 Å². The van der Waals surface area contributed by atoms with Gasteiger partial charge in [0.15, 0.2) is 0 Å². The molecule has 1 aliphatic heterocycles. The number of benzene rings is 2. The van der Waals surface area contributed by atoms with Crippen LogP contribution in [0.2, 0.25) is 0 Å². The van der Waals surface area contributed by atoms with Gasteiger partial charge < -0.3 is 19.7 Å². The number of ether oxygens (including phenoxy) is 2. The van der Waals surface area contributed by atoms with Crippen molar-refractivity contribution in [2.45, 2.75) is 25.7 Å². The second-order valence-electron chi connectivity index (χ2n) is 8.29. The molecule has 0 saturated carbocycles. The van der Waals surface area contributed by atoms with Gasteiger partial charge in [-0.3, -0.25) is 9.59 Å². The molecule has 7 nitrogen and oxygen atoms in total. The van der Waals surface area contributed by atoms with Gasteiger partial charge in [-0.25, -0.2) is 4.98 Å². The van der Waals surface area contributed by atoms with E-state index in [-0.39, 0.29) is 12.3 Å². The van der Waals surface area contributed by atoms with E-state index in [1.54, 1.807) is 11.3 Å². The third kappa shape index (κ3) is 6.76. The van der Waals surface area contributed by atoms with Crippen LogP contribution < -0.4 is 10.1 Å². The molecule has 1 aliphatic rings. The summed E-state index contributed by atoms with van der Waals surface area (Å²) in [5.74, 6) is 0.494. The van der Waals surface area contributed by atoms with Crippen molar-refractivity contribution in [1.29, 1.82) is 0 Å². The lowest BCUT2D eigenvalue weighted by atomic mass is 9.96. The van der Waals surface area contributed by atoms with Crippen LogP contribution in [0.4, 0.5) is 0 Å². The lowest BCUT2D eigenvalue weighted by molar-refractivity contribution is -0.143. The molecule has 2 heterocycles. The van der Waals surface area contributed by atoms with E-state index in [1.807, 2.05) is 36.4 Å². The van der Waals surface area contributed by atoms with E-state index >= 15 is 0 Å². The number of para-hydroxylation sites is 1. The molecule has 2 aromatic carbocycles. The first kappa shape index (κ1) is 23.2. The first-order valence-corrected chi connectivity index (χ1v) is 12.1. The summed E-state index contributed by atoms with van der Waals surface area (Å²) in [5.41, 5.74) is 2.24. The highest BCUT2D eigenvalue weighted by Crippen LogP contribution is 2.31. The number of carbonyl (C=O) groups is 2. The monoisotopic (exact) mass is 467 g/mol. The maximum atomic E-state index is 11.7. The number of amides is 1. The quantitative estimate of drug-likeness (QED) is 0.378. The molecule has 1 saturated heterocycles. The van der Waals surface area contributed by atoms with Gasteiger partial charge in [0.25, 0.3) is 5.19 Å². The Hall–Kier alpha value is -2.97. The summed E-state index contributed by atoms with van der Waals surface area (Å²) in [6, 6.07) is 16.3. The average Bonchev–Trinajstić information content (AvgIpc) is 3.25. The molecule has 0 radical (unpaired) electrons. The first-order valence-electron chi connectivity index (χ1n) is 11.3. The van der Waals surface area contributed by atoms with Crippen molar-refractivity contribution in [3.05, 3.63) is 54.1 Å². The van der Waals surface area contributed by atoms with Gasteiger partial charge in [0.05, 0.1) is 17.3 Å². The van der Waals surface area contributed by atoms with Crippen molar-refractivity contribution in [2.75, 3.05) is 33.3 Å². The van der Waals surface area contributed by atoms with Gasteiger partial charge >= 0.3 is 5.97 Å². The molecule has 1 amide bonds. The SMILES string of the molecule is COC(=O)CC(=O)NCC1CCN(CCc2ccc(Oc3nc4ccccc4s3)cc2)CC1. The fourth-order valence-corrected chi connectivity index (χ4v) is 4.78. The van der Waals surface area contributed by atoms with E-state index in [1.165, 1.54) is 12.7 Å². The average molecular weight is 468 g/mol. The summed E-state index contributed by atoms with van der Waals surface area (Å²) >= 11 is 1.55. The molecule has 8 heteroatoms. The minimum Gasteiger partial charge on any atom is -0.469 e. The molecule has 4 rings (SSSR count). The normalized spacial score (nSPS) is 14.8. The number of carbonyl (C=O) groups excluding carboxylic acids is 2. The fourth-order valence-electron chi connectivity index (χ4n) is 3.95. The number of likely N-dealkylation sites (tertiary alicyclic amines) is 1. The highest BCUT2D eigenvalue weighted by atomic mass is 32.1. The van der Waals surface area contributed by atoms with E-state index in [4.69, 9.17) is 4.74 Å². The number of esters is 1. The zero-order valence-corrected chi connectivity index (χ0v) is 19.6. The molecule has 1 aromatic heterocycles. The van der Waals surface area contributed by atoms with Gasteiger partial charge in [0.2, 0.25) is 5.91 Å². The Morgan fingerprint density at radius 3 is 2.61 bits per heavy atom. The van der Waals surface area contributed by atoms with Crippen LogP contribution in [-0.2, 0) is 20.7 Å². The molecule has 0 aliphatic carbocycles. The molecule has 3 aromatic rings. The number of nitrogens with one attached hydrogen (secondary N) is 1. The Morgan fingerprint density at radius 2 is 1.88 bits per heavy atom. The topological polar surface area (TPSA) is 80.8 Å². The van der Waals surface area contributed by atoms with Crippen LogP contribution in [-0.4, -0.2) is 55.0 Å². The van der Waals surface area contributed by atoms with E-state index < -0.39 is 5.97 Å². The number of methoxy groups -OCH3 is 1. The fraction of sp³-hybridized carbons (Fsp3) is 0.400. The lowest BCUT2D eigenvalue weighted by Crippen LogP contribution is -2.39. The molecule has 0 spiro atoms. The van der Waals surface area contributed by atoms with Crippen molar-refractivity contribution >= 4 is 33.4 Å². The second-order valence-corrected chi connectivity index (χ2v) is 9.28. The van der Waals surface area contributed by atoms with E-state index in [9.17, 15) is 9.59 Å². The Balaban J connectivity index is 1.16. The summed E-state index contributed by atoms with van der Waals surface area (Å²) < 4.78 is 11.6. The second kappa shape index (κ2) is 11.2. The number of rotatable bonds is 9. The van der Waals surface area contributed by atoms with E-state index in [0.29, 0.717) is 17.7 Å². The molecular formula is C25H29N3O4S. The summed E-state index contributed by atoms with van der Waals surface area (Å²) in [4.78, 5) is 29.8. The number of aromatic nitrogens is 1. The van der Waals surface area contributed by atoms with E-state index in [0.717, 1.165) is 54.9 Å². The highest BCUT2D eigenvalue weighted by molar-refractivity contribution is 7.20. The third-order valence-electron chi connectivity index (χ3n) is 5.95. The Labute approximate surface area is 197 Å². The largest absolute Gasteiger partial charge is 0.469 e. The predicted octanol–water partition coefficient (Wildman–Crippen LogP) is 4.02. The minimum atomic E-state index is -0.501. The highest BCUT2D eigenvalue weighted by Gasteiger charge is 2.20. The zero-order valence-electron chi connectivity index (χ0n) is 18.8. The van der Waals surface area contributed by atoms with Crippen molar-refractivity contribution in [1.82, 2.24) is 15.2 Å². The zero-order chi connectivity index (χ0) is 23.0. The third-order valence-corrected chi connectivity index (χ3v) is 6.86. The van der Waals surface area contributed by atoms with Gasteiger partial charge in [0, 0.05) is 13.1 Å². The Morgan fingerprint density at radius 1 is 1.12 bits per heavy atom. The summed E-state index contributed by atoms with van der Waals surface area (Å²) in [6.07, 6.45) is 2.88. The number of piperidine rings is 1. The Kier molecular flexibility index (Phi) is 7.91. The molecule has 0 unspecified atom stereocenters. The molecule has 1 N–H and O–H groups in total. The molecule has 33 heavy (non-hydrogen) atoms.